The van der Waals surface area contributed by atoms with Gasteiger partial charge in [0, 0.05) is 12.6 Å². The molecule has 0 N–H and O–H groups in total. The lowest BCUT2D eigenvalue weighted by atomic mass is 9.92. The SMILES string of the molecule is CC(C)(CS)CN1CCCC1C1CCCC1. The van der Waals surface area contributed by atoms with Crippen molar-refractivity contribution in [2.24, 2.45) is 11.3 Å². The quantitative estimate of drug-likeness (QED) is 0.736. The molecular formula is C14H27NS. The first-order valence-electron chi connectivity index (χ1n) is 6.97. The van der Waals surface area contributed by atoms with Gasteiger partial charge in [-0.25, -0.2) is 0 Å². The van der Waals surface area contributed by atoms with Gasteiger partial charge in [0.15, 0.2) is 0 Å². The highest BCUT2D eigenvalue weighted by Crippen LogP contribution is 2.36. The molecule has 2 rings (SSSR count). The monoisotopic (exact) mass is 241 g/mol. The van der Waals surface area contributed by atoms with Crippen LogP contribution in [0.3, 0.4) is 0 Å². The minimum atomic E-state index is 0.379. The molecule has 1 saturated heterocycles. The Morgan fingerprint density at radius 2 is 1.81 bits per heavy atom. The molecule has 0 bridgehead atoms. The summed E-state index contributed by atoms with van der Waals surface area (Å²) in [5.41, 5.74) is 0.379. The Morgan fingerprint density at radius 3 is 2.44 bits per heavy atom. The lowest BCUT2D eigenvalue weighted by Crippen LogP contribution is -2.41. The summed E-state index contributed by atoms with van der Waals surface area (Å²) in [5.74, 6) is 2.01. The van der Waals surface area contributed by atoms with E-state index in [4.69, 9.17) is 0 Å². The van der Waals surface area contributed by atoms with Gasteiger partial charge in [-0.15, -0.1) is 0 Å². The first-order valence-corrected chi connectivity index (χ1v) is 7.60. The molecule has 94 valence electrons. The van der Waals surface area contributed by atoms with Crippen LogP contribution in [0.25, 0.3) is 0 Å². The van der Waals surface area contributed by atoms with Gasteiger partial charge in [0.2, 0.25) is 0 Å². The second kappa shape index (κ2) is 5.30. The maximum atomic E-state index is 4.49. The average molecular weight is 241 g/mol. The highest BCUT2D eigenvalue weighted by Gasteiger charge is 2.35. The standard InChI is InChI=1S/C14H27NS/c1-14(2,11-16)10-15-9-5-8-13(15)12-6-3-4-7-12/h12-13,16H,3-11H2,1-2H3. The minimum absolute atomic E-state index is 0.379. The Balaban J connectivity index is 1.92. The van der Waals surface area contributed by atoms with Crippen molar-refractivity contribution in [3.8, 4) is 0 Å². The van der Waals surface area contributed by atoms with E-state index >= 15 is 0 Å². The van der Waals surface area contributed by atoms with Crippen molar-refractivity contribution in [1.29, 1.82) is 0 Å². The van der Waals surface area contributed by atoms with Crippen molar-refractivity contribution in [3.05, 3.63) is 0 Å². The van der Waals surface area contributed by atoms with E-state index in [2.05, 4.69) is 31.4 Å². The second-order valence-electron chi connectivity index (χ2n) is 6.55. The van der Waals surface area contributed by atoms with Crippen LogP contribution in [0.5, 0.6) is 0 Å². The summed E-state index contributed by atoms with van der Waals surface area (Å²) >= 11 is 4.49. The highest BCUT2D eigenvalue weighted by molar-refractivity contribution is 7.80. The molecule has 2 fully saturated rings. The van der Waals surface area contributed by atoms with Crippen molar-refractivity contribution < 1.29 is 0 Å². The number of likely N-dealkylation sites (tertiary alicyclic amines) is 1. The van der Waals surface area contributed by atoms with Crippen LogP contribution >= 0.6 is 12.6 Å². The first kappa shape index (κ1) is 12.8. The fourth-order valence-corrected chi connectivity index (χ4v) is 3.62. The normalized spacial score (nSPS) is 29.1. The summed E-state index contributed by atoms with van der Waals surface area (Å²) in [7, 11) is 0. The Labute approximate surface area is 106 Å². The fraction of sp³-hybridized carbons (Fsp3) is 1.00. The number of hydrogen-bond donors (Lipinski definition) is 1. The molecule has 2 aliphatic rings. The minimum Gasteiger partial charge on any atom is -0.300 e. The zero-order valence-corrected chi connectivity index (χ0v) is 11.8. The molecule has 0 spiro atoms. The maximum absolute atomic E-state index is 4.49. The van der Waals surface area contributed by atoms with E-state index in [1.165, 1.54) is 51.6 Å². The summed E-state index contributed by atoms with van der Waals surface area (Å²) in [4.78, 5) is 2.77. The summed E-state index contributed by atoms with van der Waals surface area (Å²) in [6.07, 6.45) is 8.80. The Bertz CT molecular complexity index is 221. The molecule has 1 aliphatic carbocycles. The predicted octanol–water partition coefficient (Wildman–Crippen LogP) is 3.60. The van der Waals surface area contributed by atoms with Crippen LogP contribution in [-0.2, 0) is 0 Å². The largest absolute Gasteiger partial charge is 0.300 e. The smallest absolute Gasteiger partial charge is 0.0124 e. The van der Waals surface area contributed by atoms with E-state index in [0.717, 1.165) is 17.7 Å². The molecule has 1 unspecified atom stereocenters. The van der Waals surface area contributed by atoms with Crippen molar-refractivity contribution >= 4 is 12.6 Å². The van der Waals surface area contributed by atoms with E-state index in [1.54, 1.807) is 0 Å². The van der Waals surface area contributed by atoms with Gasteiger partial charge in [-0.05, 0) is 49.3 Å². The molecule has 0 aromatic carbocycles. The van der Waals surface area contributed by atoms with Gasteiger partial charge in [-0.1, -0.05) is 26.7 Å². The van der Waals surface area contributed by atoms with Gasteiger partial charge in [0.25, 0.3) is 0 Å². The van der Waals surface area contributed by atoms with Crippen molar-refractivity contribution in [2.45, 2.75) is 58.4 Å². The van der Waals surface area contributed by atoms with Crippen LogP contribution in [0.1, 0.15) is 52.4 Å². The second-order valence-corrected chi connectivity index (χ2v) is 6.86. The third-order valence-corrected chi connectivity index (χ3v) is 5.27. The zero-order valence-electron chi connectivity index (χ0n) is 10.9. The molecule has 1 aliphatic heterocycles. The predicted molar refractivity (Wildman–Crippen MR) is 74.2 cm³/mol. The topological polar surface area (TPSA) is 3.24 Å². The third kappa shape index (κ3) is 2.95. The average Bonchev–Trinajstić information content (AvgIpc) is 2.86. The van der Waals surface area contributed by atoms with Crippen LogP contribution in [0.2, 0.25) is 0 Å². The maximum Gasteiger partial charge on any atom is 0.0124 e. The highest BCUT2D eigenvalue weighted by atomic mass is 32.1. The van der Waals surface area contributed by atoms with Gasteiger partial charge in [-0.3, -0.25) is 4.90 Å². The van der Waals surface area contributed by atoms with Crippen LogP contribution in [0.15, 0.2) is 0 Å². The van der Waals surface area contributed by atoms with Crippen molar-refractivity contribution in [3.63, 3.8) is 0 Å². The molecule has 1 heterocycles. The molecule has 2 heteroatoms. The van der Waals surface area contributed by atoms with E-state index in [1.807, 2.05) is 0 Å². The summed E-state index contributed by atoms with van der Waals surface area (Å²) < 4.78 is 0. The molecule has 1 nitrogen and oxygen atoms in total. The first-order chi connectivity index (χ1) is 7.62. The fourth-order valence-electron chi connectivity index (χ4n) is 3.52. The van der Waals surface area contributed by atoms with Gasteiger partial charge < -0.3 is 0 Å². The molecule has 0 radical (unpaired) electrons. The number of hydrogen-bond acceptors (Lipinski definition) is 2. The molecule has 16 heavy (non-hydrogen) atoms. The number of thiol groups is 1. The third-order valence-electron chi connectivity index (χ3n) is 4.42. The van der Waals surface area contributed by atoms with Crippen LogP contribution in [0, 0.1) is 11.3 Å². The van der Waals surface area contributed by atoms with Crippen LogP contribution in [0.4, 0.5) is 0 Å². The van der Waals surface area contributed by atoms with E-state index in [-0.39, 0.29) is 0 Å². The van der Waals surface area contributed by atoms with Crippen molar-refractivity contribution in [2.75, 3.05) is 18.8 Å². The molecule has 0 amide bonds. The van der Waals surface area contributed by atoms with Gasteiger partial charge in [0.1, 0.15) is 0 Å². The van der Waals surface area contributed by atoms with Gasteiger partial charge in [-0.2, -0.15) is 12.6 Å². The van der Waals surface area contributed by atoms with E-state index < -0.39 is 0 Å². The molecule has 1 atom stereocenters. The van der Waals surface area contributed by atoms with Gasteiger partial charge in [0.05, 0.1) is 0 Å². The Morgan fingerprint density at radius 1 is 1.12 bits per heavy atom. The molecule has 1 saturated carbocycles. The van der Waals surface area contributed by atoms with Gasteiger partial charge >= 0.3 is 0 Å². The van der Waals surface area contributed by atoms with Crippen molar-refractivity contribution in [1.82, 2.24) is 4.90 Å². The molecule has 0 aromatic rings. The van der Waals surface area contributed by atoms with Crippen LogP contribution < -0.4 is 0 Å². The van der Waals surface area contributed by atoms with Crippen LogP contribution in [-0.4, -0.2) is 29.8 Å². The molecular weight excluding hydrogens is 214 g/mol. The summed E-state index contributed by atoms with van der Waals surface area (Å²) in [6, 6.07) is 0.904. The number of rotatable bonds is 4. The zero-order chi connectivity index (χ0) is 11.6. The lowest BCUT2D eigenvalue weighted by Gasteiger charge is -2.35. The summed E-state index contributed by atoms with van der Waals surface area (Å²) in [6.45, 7) is 7.28. The van der Waals surface area contributed by atoms with E-state index in [9.17, 15) is 0 Å². The lowest BCUT2D eigenvalue weighted by molar-refractivity contribution is 0.141. The van der Waals surface area contributed by atoms with E-state index in [0.29, 0.717) is 5.41 Å². The molecule has 0 aromatic heterocycles. The Kier molecular flexibility index (Phi) is 4.23. The number of nitrogens with zero attached hydrogens (tertiary/aromatic N) is 1. The Hall–Kier alpha value is 0.310. The summed E-state index contributed by atoms with van der Waals surface area (Å²) in [5, 5.41) is 0.